The molecule has 1 atom stereocenters. The second-order valence-corrected chi connectivity index (χ2v) is 4.00. The zero-order valence-electron chi connectivity index (χ0n) is 8.04. The molecule has 3 N–H and O–H groups in total. The zero-order chi connectivity index (χ0) is 9.68. The van der Waals surface area contributed by atoms with Crippen LogP contribution in [0.15, 0.2) is 0 Å². The van der Waals surface area contributed by atoms with Gasteiger partial charge in [-0.05, 0) is 31.7 Å². The van der Waals surface area contributed by atoms with Crippen molar-refractivity contribution >= 4 is 5.97 Å². The summed E-state index contributed by atoms with van der Waals surface area (Å²) in [5.74, 6) is -0.104. The minimum Gasteiger partial charge on any atom is -0.481 e. The Morgan fingerprint density at radius 3 is 2.62 bits per heavy atom. The van der Waals surface area contributed by atoms with Crippen LogP contribution in [0.4, 0.5) is 0 Å². The Hall–Kier alpha value is -0.570. The van der Waals surface area contributed by atoms with E-state index in [0.29, 0.717) is 12.5 Å². The quantitative estimate of drug-likeness (QED) is 0.661. The van der Waals surface area contributed by atoms with Gasteiger partial charge in [0, 0.05) is 0 Å². The number of carbonyl (C=O) groups is 1. The van der Waals surface area contributed by atoms with Crippen molar-refractivity contribution in [2.45, 2.75) is 38.5 Å². The highest BCUT2D eigenvalue weighted by Gasteiger charge is 2.25. The molecule has 1 aliphatic rings. The lowest BCUT2D eigenvalue weighted by Crippen LogP contribution is -2.22. The molecule has 0 aromatic carbocycles. The smallest absolute Gasteiger partial charge is 0.306 e. The fraction of sp³-hybridized carbons (Fsp3) is 0.900. The Bertz CT molecular complexity index is 166. The first kappa shape index (κ1) is 10.5. The standard InChI is InChI=1S/C10H19NO2/c11-6-2-5-9(10(12)13)7-8-3-1-4-8/h8-9H,1-7,11H2,(H,12,13). The normalized spacial score (nSPS) is 19.5. The number of hydrogen-bond acceptors (Lipinski definition) is 2. The Kier molecular flexibility index (Phi) is 4.22. The van der Waals surface area contributed by atoms with E-state index in [9.17, 15) is 4.79 Å². The van der Waals surface area contributed by atoms with Crippen LogP contribution >= 0.6 is 0 Å². The number of nitrogens with two attached hydrogens (primary N) is 1. The lowest BCUT2D eigenvalue weighted by molar-refractivity contribution is -0.142. The summed E-state index contributed by atoms with van der Waals surface area (Å²) in [4.78, 5) is 10.8. The largest absolute Gasteiger partial charge is 0.481 e. The van der Waals surface area contributed by atoms with Crippen molar-refractivity contribution in [3.63, 3.8) is 0 Å². The van der Waals surface area contributed by atoms with Gasteiger partial charge in [-0.3, -0.25) is 4.79 Å². The minimum absolute atomic E-state index is 0.145. The minimum atomic E-state index is -0.639. The highest BCUT2D eigenvalue weighted by Crippen LogP contribution is 2.33. The SMILES string of the molecule is NCCCC(CC1CCC1)C(=O)O. The van der Waals surface area contributed by atoms with Crippen molar-refractivity contribution in [1.29, 1.82) is 0 Å². The van der Waals surface area contributed by atoms with Gasteiger partial charge >= 0.3 is 5.97 Å². The first-order valence-corrected chi connectivity index (χ1v) is 5.17. The molecule has 1 fully saturated rings. The molecule has 1 unspecified atom stereocenters. The second kappa shape index (κ2) is 5.22. The number of hydrogen-bond donors (Lipinski definition) is 2. The van der Waals surface area contributed by atoms with E-state index in [1.807, 2.05) is 0 Å². The summed E-state index contributed by atoms with van der Waals surface area (Å²) in [5.41, 5.74) is 5.36. The van der Waals surface area contributed by atoms with E-state index in [1.165, 1.54) is 19.3 Å². The predicted molar refractivity (Wildman–Crippen MR) is 51.4 cm³/mol. The Morgan fingerprint density at radius 2 is 2.23 bits per heavy atom. The topological polar surface area (TPSA) is 63.3 Å². The van der Waals surface area contributed by atoms with Gasteiger partial charge in [-0.25, -0.2) is 0 Å². The number of aliphatic carboxylic acids is 1. The fourth-order valence-electron chi connectivity index (χ4n) is 1.84. The molecule has 3 nitrogen and oxygen atoms in total. The molecule has 0 heterocycles. The molecule has 3 heteroatoms. The molecule has 0 amide bonds. The van der Waals surface area contributed by atoms with E-state index in [0.717, 1.165) is 19.3 Å². The summed E-state index contributed by atoms with van der Waals surface area (Å²) >= 11 is 0. The summed E-state index contributed by atoms with van der Waals surface area (Å²) in [6.07, 6.45) is 6.20. The van der Waals surface area contributed by atoms with Crippen LogP contribution in [-0.2, 0) is 4.79 Å². The molecule has 0 aliphatic heterocycles. The lowest BCUT2D eigenvalue weighted by atomic mass is 9.78. The molecule has 1 aliphatic carbocycles. The van der Waals surface area contributed by atoms with Crippen molar-refractivity contribution in [3.8, 4) is 0 Å². The number of carboxylic acids is 1. The average Bonchev–Trinajstić information content (AvgIpc) is 2.01. The summed E-state index contributed by atoms with van der Waals surface area (Å²) in [5, 5.41) is 8.93. The monoisotopic (exact) mass is 185 g/mol. The van der Waals surface area contributed by atoms with Crippen molar-refractivity contribution in [2.75, 3.05) is 6.54 Å². The van der Waals surface area contributed by atoms with Gasteiger partial charge in [0.15, 0.2) is 0 Å². The highest BCUT2D eigenvalue weighted by molar-refractivity contribution is 5.69. The van der Waals surface area contributed by atoms with Crippen LogP contribution in [0.5, 0.6) is 0 Å². The first-order valence-electron chi connectivity index (χ1n) is 5.17. The van der Waals surface area contributed by atoms with E-state index in [2.05, 4.69) is 0 Å². The molecule has 0 spiro atoms. The second-order valence-electron chi connectivity index (χ2n) is 4.00. The highest BCUT2D eigenvalue weighted by atomic mass is 16.4. The summed E-state index contributed by atoms with van der Waals surface area (Å²) in [6, 6.07) is 0. The van der Waals surface area contributed by atoms with E-state index in [4.69, 9.17) is 10.8 Å². The maximum Gasteiger partial charge on any atom is 0.306 e. The first-order chi connectivity index (χ1) is 6.24. The maximum absolute atomic E-state index is 10.8. The van der Waals surface area contributed by atoms with Gasteiger partial charge in [0.2, 0.25) is 0 Å². The van der Waals surface area contributed by atoms with Crippen LogP contribution in [0.3, 0.4) is 0 Å². The van der Waals surface area contributed by atoms with Gasteiger partial charge < -0.3 is 10.8 Å². The molecular weight excluding hydrogens is 166 g/mol. The summed E-state index contributed by atoms with van der Waals surface area (Å²) in [6.45, 7) is 0.606. The van der Waals surface area contributed by atoms with E-state index in [-0.39, 0.29) is 5.92 Å². The van der Waals surface area contributed by atoms with Crippen LogP contribution in [0, 0.1) is 11.8 Å². The Morgan fingerprint density at radius 1 is 1.54 bits per heavy atom. The molecule has 1 rings (SSSR count). The van der Waals surface area contributed by atoms with E-state index < -0.39 is 5.97 Å². The Balaban J connectivity index is 2.23. The molecule has 0 bridgehead atoms. The van der Waals surface area contributed by atoms with Gasteiger partial charge in [0.05, 0.1) is 5.92 Å². The van der Waals surface area contributed by atoms with Crippen molar-refractivity contribution in [3.05, 3.63) is 0 Å². The van der Waals surface area contributed by atoms with Gasteiger partial charge in [-0.2, -0.15) is 0 Å². The third-order valence-electron chi connectivity index (χ3n) is 2.95. The molecule has 0 saturated heterocycles. The van der Waals surface area contributed by atoms with Crippen molar-refractivity contribution < 1.29 is 9.90 Å². The fourth-order valence-corrected chi connectivity index (χ4v) is 1.84. The van der Waals surface area contributed by atoms with E-state index >= 15 is 0 Å². The van der Waals surface area contributed by atoms with Gasteiger partial charge in [-0.1, -0.05) is 19.3 Å². The lowest BCUT2D eigenvalue weighted by Gasteiger charge is -2.27. The molecule has 0 aromatic heterocycles. The molecule has 0 aromatic rings. The molecule has 13 heavy (non-hydrogen) atoms. The third-order valence-corrected chi connectivity index (χ3v) is 2.95. The zero-order valence-corrected chi connectivity index (χ0v) is 8.04. The van der Waals surface area contributed by atoms with Crippen LogP contribution in [-0.4, -0.2) is 17.6 Å². The average molecular weight is 185 g/mol. The van der Waals surface area contributed by atoms with E-state index in [1.54, 1.807) is 0 Å². The number of rotatable bonds is 6. The van der Waals surface area contributed by atoms with Crippen molar-refractivity contribution in [2.24, 2.45) is 17.6 Å². The molecule has 0 radical (unpaired) electrons. The predicted octanol–water partition coefficient (Wildman–Crippen LogP) is 1.62. The van der Waals surface area contributed by atoms with Gasteiger partial charge in [0.1, 0.15) is 0 Å². The van der Waals surface area contributed by atoms with Crippen LogP contribution in [0.25, 0.3) is 0 Å². The van der Waals surface area contributed by atoms with Crippen molar-refractivity contribution in [1.82, 2.24) is 0 Å². The van der Waals surface area contributed by atoms with Crippen LogP contribution in [0.2, 0.25) is 0 Å². The number of carboxylic acid groups (broad SMARTS) is 1. The third kappa shape index (κ3) is 3.35. The molecular formula is C10H19NO2. The maximum atomic E-state index is 10.8. The van der Waals surface area contributed by atoms with Gasteiger partial charge in [0.25, 0.3) is 0 Å². The molecule has 76 valence electrons. The summed E-state index contributed by atoms with van der Waals surface area (Å²) < 4.78 is 0. The Labute approximate surface area is 79.3 Å². The van der Waals surface area contributed by atoms with Crippen LogP contribution < -0.4 is 5.73 Å². The summed E-state index contributed by atoms with van der Waals surface area (Å²) in [7, 11) is 0. The van der Waals surface area contributed by atoms with Crippen LogP contribution in [0.1, 0.15) is 38.5 Å². The molecule has 1 saturated carbocycles. The van der Waals surface area contributed by atoms with Gasteiger partial charge in [-0.15, -0.1) is 0 Å².